The van der Waals surface area contributed by atoms with Crippen molar-refractivity contribution in [1.29, 1.82) is 0 Å². The molecule has 1 aliphatic rings. The summed E-state index contributed by atoms with van der Waals surface area (Å²) < 4.78 is 0. The molecule has 17 heavy (non-hydrogen) atoms. The number of primary amides is 1. The highest BCUT2D eigenvalue weighted by Gasteiger charge is 2.29. The van der Waals surface area contributed by atoms with E-state index in [0.717, 1.165) is 0 Å². The van der Waals surface area contributed by atoms with Crippen molar-refractivity contribution in [2.24, 2.45) is 11.7 Å². The third kappa shape index (κ3) is 2.52. The molecule has 0 bridgehead atoms. The van der Waals surface area contributed by atoms with Crippen molar-refractivity contribution < 1.29 is 14.7 Å². The van der Waals surface area contributed by atoms with Gasteiger partial charge in [-0.3, -0.25) is 9.59 Å². The molecule has 1 aliphatic heterocycles. The summed E-state index contributed by atoms with van der Waals surface area (Å²) in [4.78, 5) is 27.5. The van der Waals surface area contributed by atoms with Gasteiger partial charge in [0.2, 0.25) is 0 Å². The summed E-state index contributed by atoms with van der Waals surface area (Å²) in [5, 5.41) is 8.63. The molecule has 6 heteroatoms. The molecule has 3 N–H and O–H groups in total. The number of rotatable bonds is 4. The second-order valence-electron chi connectivity index (χ2n) is 4.11. The van der Waals surface area contributed by atoms with Gasteiger partial charge >= 0.3 is 5.97 Å². The minimum Gasteiger partial charge on any atom is -0.481 e. The number of nitrogens with two attached hydrogens (primary N) is 1. The number of carboxylic acid groups (broad SMARTS) is 1. The molecule has 1 aromatic rings. The Morgan fingerprint density at radius 1 is 1.47 bits per heavy atom. The summed E-state index contributed by atoms with van der Waals surface area (Å²) in [6.45, 7) is 1.31. The summed E-state index contributed by atoms with van der Waals surface area (Å²) in [6.07, 6.45) is 0.173. The van der Waals surface area contributed by atoms with E-state index in [4.69, 9.17) is 10.8 Å². The quantitative estimate of drug-likeness (QED) is 0.771. The lowest BCUT2D eigenvalue weighted by atomic mass is 9.96. The average molecular weight is 235 g/mol. The first-order valence-electron chi connectivity index (χ1n) is 5.30. The second-order valence-corrected chi connectivity index (χ2v) is 4.11. The lowest BCUT2D eigenvalue weighted by molar-refractivity contribution is -0.138. The van der Waals surface area contributed by atoms with Gasteiger partial charge in [0, 0.05) is 19.0 Å². The Morgan fingerprint density at radius 3 is 2.76 bits per heavy atom. The van der Waals surface area contributed by atoms with Gasteiger partial charge in [0.1, 0.15) is 11.5 Å². The number of hydrogen-bond acceptors (Lipinski definition) is 4. The normalized spacial score (nSPS) is 15.4. The SMILES string of the molecule is NC(=O)c1cccc(N2CC(CC(=O)O)C2)n1. The zero-order chi connectivity index (χ0) is 12.4. The predicted octanol–water partition coefficient (Wildman–Crippen LogP) is 0.0914. The first-order valence-corrected chi connectivity index (χ1v) is 5.30. The average Bonchev–Trinajstić information content (AvgIpc) is 2.22. The molecule has 1 aromatic heterocycles. The number of carbonyl (C=O) groups is 2. The lowest BCUT2D eigenvalue weighted by Crippen LogP contribution is -2.48. The number of aromatic nitrogens is 1. The summed E-state index contributed by atoms with van der Waals surface area (Å²) in [5.74, 6) is -0.516. The van der Waals surface area contributed by atoms with Crippen LogP contribution < -0.4 is 10.6 Å². The molecule has 0 spiro atoms. The minimum atomic E-state index is -0.784. The Balaban J connectivity index is 1.99. The number of aliphatic carboxylic acids is 1. The van der Waals surface area contributed by atoms with Crippen molar-refractivity contribution in [3.05, 3.63) is 23.9 Å². The monoisotopic (exact) mass is 235 g/mol. The van der Waals surface area contributed by atoms with Gasteiger partial charge in [-0.2, -0.15) is 0 Å². The van der Waals surface area contributed by atoms with E-state index in [1.807, 2.05) is 4.90 Å². The Hall–Kier alpha value is -2.11. The van der Waals surface area contributed by atoms with E-state index < -0.39 is 11.9 Å². The Labute approximate surface area is 98.1 Å². The maximum Gasteiger partial charge on any atom is 0.303 e. The molecule has 6 nitrogen and oxygen atoms in total. The largest absolute Gasteiger partial charge is 0.481 e. The molecule has 2 heterocycles. The molecule has 1 saturated heterocycles. The van der Waals surface area contributed by atoms with Crippen molar-refractivity contribution in [1.82, 2.24) is 4.98 Å². The second kappa shape index (κ2) is 4.40. The van der Waals surface area contributed by atoms with Gasteiger partial charge in [0.05, 0.1) is 6.42 Å². The number of anilines is 1. The number of carbonyl (C=O) groups excluding carboxylic acids is 1. The topological polar surface area (TPSA) is 96.5 Å². The maximum absolute atomic E-state index is 11.0. The van der Waals surface area contributed by atoms with Crippen LogP contribution in [0.4, 0.5) is 5.82 Å². The standard InChI is InChI=1S/C11H13N3O3/c12-11(17)8-2-1-3-9(13-8)14-5-7(6-14)4-10(15)16/h1-3,7H,4-6H2,(H2,12,17)(H,15,16). The van der Waals surface area contributed by atoms with Crippen LogP contribution in [0, 0.1) is 5.92 Å². The van der Waals surface area contributed by atoms with E-state index in [-0.39, 0.29) is 18.0 Å². The minimum absolute atomic E-state index is 0.159. The van der Waals surface area contributed by atoms with Gasteiger partial charge < -0.3 is 15.7 Å². The first kappa shape index (κ1) is 11.4. The molecule has 0 aromatic carbocycles. The third-order valence-corrected chi connectivity index (χ3v) is 2.73. The molecule has 2 rings (SSSR count). The van der Waals surface area contributed by atoms with Crippen molar-refractivity contribution in [3.63, 3.8) is 0 Å². The van der Waals surface area contributed by atoms with Gasteiger partial charge in [0.25, 0.3) is 5.91 Å². The Bertz CT molecular complexity index is 455. The van der Waals surface area contributed by atoms with E-state index in [0.29, 0.717) is 18.9 Å². The van der Waals surface area contributed by atoms with Crippen LogP contribution >= 0.6 is 0 Å². The van der Waals surface area contributed by atoms with E-state index >= 15 is 0 Å². The van der Waals surface area contributed by atoms with Crippen LogP contribution in [0.3, 0.4) is 0 Å². The number of amides is 1. The molecule has 1 amide bonds. The number of carboxylic acids is 1. The van der Waals surface area contributed by atoms with Crippen molar-refractivity contribution >= 4 is 17.7 Å². The zero-order valence-corrected chi connectivity index (χ0v) is 9.17. The highest BCUT2D eigenvalue weighted by Crippen LogP contribution is 2.24. The van der Waals surface area contributed by atoms with E-state index in [1.54, 1.807) is 18.2 Å². The molecule has 1 fully saturated rings. The molecule has 90 valence electrons. The first-order chi connectivity index (χ1) is 8.06. The molecule has 0 aliphatic carbocycles. The third-order valence-electron chi connectivity index (χ3n) is 2.73. The van der Waals surface area contributed by atoms with Crippen LogP contribution in [-0.2, 0) is 4.79 Å². The summed E-state index contributed by atoms with van der Waals surface area (Å²) in [7, 11) is 0. The smallest absolute Gasteiger partial charge is 0.303 e. The summed E-state index contributed by atoms with van der Waals surface area (Å²) in [5.41, 5.74) is 5.36. The summed E-state index contributed by atoms with van der Waals surface area (Å²) >= 11 is 0. The van der Waals surface area contributed by atoms with Crippen LogP contribution in [0.25, 0.3) is 0 Å². The molecule has 0 unspecified atom stereocenters. The van der Waals surface area contributed by atoms with Crippen molar-refractivity contribution in [3.8, 4) is 0 Å². The van der Waals surface area contributed by atoms with Crippen molar-refractivity contribution in [2.45, 2.75) is 6.42 Å². The number of hydrogen-bond donors (Lipinski definition) is 2. The Kier molecular flexibility index (Phi) is 2.95. The number of nitrogens with zero attached hydrogens (tertiary/aromatic N) is 2. The molecular weight excluding hydrogens is 222 g/mol. The fourth-order valence-electron chi connectivity index (χ4n) is 1.87. The predicted molar refractivity (Wildman–Crippen MR) is 60.7 cm³/mol. The van der Waals surface area contributed by atoms with E-state index in [2.05, 4.69) is 4.98 Å². The van der Waals surface area contributed by atoms with Gasteiger partial charge in [0.15, 0.2) is 0 Å². The fourth-order valence-corrected chi connectivity index (χ4v) is 1.87. The molecular formula is C11H13N3O3. The number of pyridine rings is 1. The van der Waals surface area contributed by atoms with Crippen molar-refractivity contribution in [2.75, 3.05) is 18.0 Å². The van der Waals surface area contributed by atoms with Crippen LogP contribution in [0.2, 0.25) is 0 Å². The highest BCUT2D eigenvalue weighted by molar-refractivity contribution is 5.91. The zero-order valence-electron chi connectivity index (χ0n) is 9.17. The molecule has 0 atom stereocenters. The van der Waals surface area contributed by atoms with Gasteiger partial charge in [-0.1, -0.05) is 6.07 Å². The van der Waals surface area contributed by atoms with Crippen LogP contribution in [0.1, 0.15) is 16.9 Å². The van der Waals surface area contributed by atoms with E-state index in [9.17, 15) is 9.59 Å². The van der Waals surface area contributed by atoms with Gasteiger partial charge in [-0.25, -0.2) is 4.98 Å². The fraction of sp³-hybridized carbons (Fsp3) is 0.364. The maximum atomic E-state index is 11.0. The highest BCUT2D eigenvalue weighted by atomic mass is 16.4. The van der Waals surface area contributed by atoms with Gasteiger partial charge in [-0.15, -0.1) is 0 Å². The molecule has 0 saturated carbocycles. The van der Waals surface area contributed by atoms with E-state index in [1.165, 1.54) is 0 Å². The lowest BCUT2D eigenvalue weighted by Gasteiger charge is -2.39. The van der Waals surface area contributed by atoms with Crippen LogP contribution in [0.15, 0.2) is 18.2 Å². The molecule has 0 radical (unpaired) electrons. The Morgan fingerprint density at radius 2 is 2.18 bits per heavy atom. The summed E-state index contributed by atoms with van der Waals surface area (Å²) in [6, 6.07) is 5.05. The van der Waals surface area contributed by atoms with Crippen LogP contribution in [0.5, 0.6) is 0 Å². The van der Waals surface area contributed by atoms with Gasteiger partial charge in [-0.05, 0) is 12.1 Å². The van der Waals surface area contributed by atoms with Crippen LogP contribution in [-0.4, -0.2) is 35.1 Å².